The number of hydrogen-bond acceptors (Lipinski definition) is 6. The Labute approximate surface area is 211 Å². The van der Waals surface area contributed by atoms with Crippen molar-refractivity contribution in [2.75, 3.05) is 13.6 Å². The van der Waals surface area contributed by atoms with Crippen molar-refractivity contribution < 1.29 is 27.9 Å². The van der Waals surface area contributed by atoms with Gasteiger partial charge in [-0.05, 0) is 56.1 Å². The molecule has 2 aromatic heterocycles. The summed E-state index contributed by atoms with van der Waals surface area (Å²) in [4.78, 5) is 28.8. The van der Waals surface area contributed by atoms with Crippen molar-refractivity contribution in [3.8, 4) is 11.3 Å². The number of aryl methyl sites for hydroxylation is 1. The molecule has 3 atom stereocenters. The van der Waals surface area contributed by atoms with E-state index < -0.39 is 17.2 Å². The number of amides is 1. The Morgan fingerprint density at radius 2 is 2.00 bits per heavy atom. The Bertz CT molecular complexity index is 1350. The Kier molecular flexibility index (Phi) is 6.67. The van der Waals surface area contributed by atoms with Crippen LogP contribution in [0.2, 0.25) is 0 Å². The van der Waals surface area contributed by atoms with Crippen LogP contribution in [0.3, 0.4) is 0 Å². The van der Waals surface area contributed by atoms with Crippen LogP contribution in [0.15, 0.2) is 34.7 Å². The summed E-state index contributed by atoms with van der Waals surface area (Å²) in [5, 5.41) is 12.4. The van der Waals surface area contributed by atoms with E-state index in [1.165, 1.54) is 4.31 Å². The maximum atomic E-state index is 12.9. The standard InChI is InChI=1S/C26H29N3O6S/c1-14-3-5-16(6-4-14)23-22(24(30)27-2)20-12-18(15-7-8-15)21(28-25(20)35-23)13-29(36(33)34)10-9-17-11-19(17)26(31)32/h3-6,12,15,17,19H,7-11,13H2,1-2H3,(H,27,30)(H,31,32)(H,33,34)/p-1/t17-,19-/m0/s1. The van der Waals surface area contributed by atoms with Gasteiger partial charge >= 0.3 is 5.97 Å². The van der Waals surface area contributed by atoms with Crippen LogP contribution in [0.5, 0.6) is 0 Å². The van der Waals surface area contributed by atoms with E-state index in [-0.39, 0.29) is 42.5 Å². The number of pyridine rings is 1. The van der Waals surface area contributed by atoms with Crippen LogP contribution in [-0.4, -0.2) is 48.6 Å². The quantitative estimate of drug-likeness (QED) is 0.397. The third-order valence-corrected chi connectivity index (χ3v) is 7.84. The van der Waals surface area contributed by atoms with E-state index in [1.54, 1.807) is 7.05 Å². The van der Waals surface area contributed by atoms with Gasteiger partial charge in [0.1, 0.15) is 5.76 Å². The van der Waals surface area contributed by atoms with Crippen molar-refractivity contribution in [1.29, 1.82) is 0 Å². The molecule has 0 saturated heterocycles. The third-order valence-electron chi connectivity index (χ3n) is 7.11. The van der Waals surface area contributed by atoms with Crippen molar-refractivity contribution in [2.24, 2.45) is 11.8 Å². The molecule has 5 rings (SSSR count). The van der Waals surface area contributed by atoms with E-state index in [4.69, 9.17) is 14.5 Å². The predicted molar refractivity (Wildman–Crippen MR) is 133 cm³/mol. The van der Waals surface area contributed by atoms with Gasteiger partial charge in [0.15, 0.2) is 0 Å². The maximum Gasteiger partial charge on any atom is 0.306 e. The number of carbonyl (C=O) groups is 2. The fraction of sp³-hybridized carbons (Fsp3) is 0.423. The van der Waals surface area contributed by atoms with E-state index in [0.717, 1.165) is 29.5 Å². The Hall–Kier alpha value is -3.08. The minimum Gasteiger partial charge on any atom is -0.760 e. The smallest absolute Gasteiger partial charge is 0.306 e. The highest BCUT2D eigenvalue weighted by atomic mass is 32.2. The number of carboxylic acids is 1. The van der Waals surface area contributed by atoms with E-state index in [9.17, 15) is 18.4 Å². The molecule has 1 aromatic carbocycles. The highest BCUT2D eigenvalue weighted by molar-refractivity contribution is 7.76. The lowest BCUT2D eigenvalue weighted by Gasteiger charge is -2.24. The summed E-state index contributed by atoms with van der Waals surface area (Å²) in [6.07, 6.45) is 3.02. The molecule has 2 aliphatic carbocycles. The van der Waals surface area contributed by atoms with Gasteiger partial charge in [0.2, 0.25) is 5.71 Å². The lowest BCUT2D eigenvalue weighted by molar-refractivity contribution is -0.138. The molecule has 2 N–H and O–H groups in total. The molecule has 3 aromatic rings. The number of nitrogens with one attached hydrogen (secondary N) is 1. The average Bonchev–Trinajstić information content (AvgIpc) is 3.77. The molecule has 2 fully saturated rings. The maximum absolute atomic E-state index is 12.9. The molecule has 1 amide bonds. The number of rotatable bonds is 10. The van der Waals surface area contributed by atoms with Gasteiger partial charge in [-0.2, -0.15) is 0 Å². The number of hydrogen-bond donors (Lipinski definition) is 2. The van der Waals surface area contributed by atoms with Gasteiger partial charge in [-0.3, -0.25) is 13.8 Å². The molecule has 10 heteroatoms. The van der Waals surface area contributed by atoms with Crippen LogP contribution in [0, 0.1) is 18.8 Å². The van der Waals surface area contributed by atoms with Gasteiger partial charge in [0.05, 0.1) is 29.1 Å². The number of fused-ring (bicyclic) bond motifs is 1. The zero-order chi connectivity index (χ0) is 25.6. The first-order chi connectivity index (χ1) is 17.3. The number of carbonyl (C=O) groups excluding carboxylic acids is 1. The average molecular weight is 511 g/mol. The van der Waals surface area contributed by atoms with Crippen molar-refractivity contribution in [2.45, 2.75) is 45.1 Å². The van der Waals surface area contributed by atoms with Crippen LogP contribution in [0.4, 0.5) is 0 Å². The molecule has 1 unspecified atom stereocenters. The first-order valence-electron chi connectivity index (χ1n) is 12.1. The highest BCUT2D eigenvalue weighted by Gasteiger charge is 2.42. The molecular formula is C26H28N3O6S-. The summed E-state index contributed by atoms with van der Waals surface area (Å²) >= 11 is -2.49. The van der Waals surface area contributed by atoms with Crippen molar-refractivity contribution >= 4 is 34.2 Å². The number of furan rings is 1. The molecule has 2 saturated carbocycles. The van der Waals surface area contributed by atoms with Gasteiger partial charge in [0.25, 0.3) is 5.91 Å². The van der Waals surface area contributed by atoms with Gasteiger partial charge in [-0.25, -0.2) is 9.29 Å². The molecule has 2 aliphatic rings. The Morgan fingerprint density at radius 1 is 1.28 bits per heavy atom. The van der Waals surface area contributed by atoms with Gasteiger partial charge in [-0.1, -0.05) is 29.8 Å². The molecule has 36 heavy (non-hydrogen) atoms. The lowest BCUT2D eigenvalue weighted by atomic mass is 10.0. The zero-order valence-corrected chi connectivity index (χ0v) is 21.0. The lowest BCUT2D eigenvalue weighted by Crippen LogP contribution is -2.28. The molecule has 0 spiro atoms. The normalized spacial score (nSPS) is 20.0. The Morgan fingerprint density at radius 3 is 2.58 bits per heavy atom. The summed E-state index contributed by atoms with van der Waals surface area (Å²) in [6, 6.07) is 9.61. The molecule has 2 heterocycles. The number of nitrogens with zero attached hydrogens (tertiary/aromatic N) is 2. The minimum atomic E-state index is -2.49. The monoisotopic (exact) mass is 510 g/mol. The zero-order valence-electron chi connectivity index (χ0n) is 20.2. The predicted octanol–water partition coefficient (Wildman–Crippen LogP) is 3.75. The van der Waals surface area contributed by atoms with Crippen LogP contribution < -0.4 is 5.32 Å². The van der Waals surface area contributed by atoms with Gasteiger partial charge < -0.3 is 19.4 Å². The van der Waals surface area contributed by atoms with Crippen LogP contribution in [0.1, 0.15) is 58.8 Å². The molecule has 0 aliphatic heterocycles. The van der Waals surface area contributed by atoms with E-state index >= 15 is 0 Å². The number of benzene rings is 1. The van der Waals surface area contributed by atoms with E-state index in [2.05, 4.69) is 5.32 Å². The Balaban J connectivity index is 1.51. The number of aliphatic carboxylic acids is 1. The SMILES string of the molecule is CNC(=O)c1c(-c2ccc(C)cc2)oc2nc(CN(CC[C@H]3C[C@@H]3C(=O)O)S(=O)[O-])c(C3CC3)cc12. The second-order valence-corrected chi connectivity index (χ2v) is 10.7. The van der Waals surface area contributed by atoms with Crippen LogP contribution >= 0.6 is 0 Å². The first kappa shape index (κ1) is 24.6. The molecule has 0 radical (unpaired) electrons. The highest BCUT2D eigenvalue weighted by Crippen LogP contribution is 2.45. The van der Waals surface area contributed by atoms with Crippen LogP contribution in [0.25, 0.3) is 22.4 Å². The topological polar surface area (TPSA) is 136 Å². The van der Waals surface area contributed by atoms with Gasteiger partial charge in [-0.15, -0.1) is 0 Å². The van der Waals surface area contributed by atoms with Crippen molar-refractivity contribution in [3.05, 3.63) is 52.7 Å². The number of aromatic nitrogens is 1. The molecule has 190 valence electrons. The third kappa shape index (κ3) is 4.93. The summed E-state index contributed by atoms with van der Waals surface area (Å²) < 4.78 is 31.5. The molecule has 9 nitrogen and oxygen atoms in total. The first-order valence-corrected chi connectivity index (χ1v) is 13.1. The second-order valence-electron chi connectivity index (χ2n) is 9.71. The van der Waals surface area contributed by atoms with Crippen molar-refractivity contribution in [3.63, 3.8) is 0 Å². The molecular weight excluding hydrogens is 482 g/mol. The summed E-state index contributed by atoms with van der Waals surface area (Å²) in [5.41, 5.74) is 4.07. The van der Waals surface area contributed by atoms with E-state index in [0.29, 0.717) is 35.2 Å². The van der Waals surface area contributed by atoms with Gasteiger partial charge in [0, 0.05) is 30.4 Å². The van der Waals surface area contributed by atoms with Crippen molar-refractivity contribution in [1.82, 2.24) is 14.6 Å². The fourth-order valence-corrected chi connectivity index (χ4v) is 5.24. The summed E-state index contributed by atoms with van der Waals surface area (Å²) in [5.74, 6) is -0.797. The summed E-state index contributed by atoms with van der Waals surface area (Å²) in [6.45, 7) is 2.28. The largest absolute Gasteiger partial charge is 0.760 e. The second kappa shape index (κ2) is 9.76. The van der Waals surface area contributed by atoms with Crippen LogP contribution in [-0.2, 0) is 22.6 Å². The number of carboxylic acid groups (broad SMARTS) is 1. The minimum absolute atomic E-state index is 0.00384. The fourth-order valence-electron chi connectivity index (χ4n) is 4.76. The van der Waals surface area contributed by atoms with E-state index in [1.807, 2.05) is 37.3 Å². The summed E-state index contributed by atoms with van der Waals surface area (Å²) in [7, 11) is 1.57. The molecule has 0 bridgehead atoms.